The van der Waals surface area contributed by atoms with E-state index in [1.165, 1.54) is 25.3 Å². The van der Waals surface area contributed by atoms with Gasteiger partial charge < -0.3 is 15.2 Å². The molecule has 146 valence electrons. The van der Waals surface area contributed by atoms with Gasteiger partial charge in [-0.15, -0.1) is 0 Å². The third-order valence-electron chi connectivity index (χ3n) is 3.42. The first-order valence-electron chi connectivity index (χ1n) is 8.22. The number of carboxylic acids is 1. The highest BCUT2D eigenvalue weighted by Gasteiger charge is 2.25. The lowest BCUT2D eigenvalue weighted by molar-refractivity contribution is -0.139. The Labute approximate surface area is 154 Å². The van der Waals surface area contributed by atoms with Crippen LogP contribution < -0.4 is 14.8 Å². The van der Waals surface area contributed by atoms with Crippen LogP contribution in [0.5, 0.6) is 5.75 Å². The number of ether oxygens (including phenoxy) is 1. The van der Waals surface area contributed by atoms with Gasteiger partial charge in [-0.1, -0.05) is 13.8 Å². The van der Waals surface area contributed by atoms with Gasteiger partial charge in [0, 0.05) is 11.6 Å². The van der Waals surface area contributed by atoms with Gasteiger partial charge in [0.05, 0.1) is 7.11 Å². The second-order valence-electron chi connectivity index (χ2n) is 6.64. The number of rotatable bonds is 9. The van der Waals surface area contributed by atoms with E-state index in [0.717, 1.165) is 0 Å². The maximum atomic E-state index is 12.5. The number of hydrogen-bond acceptors (Lipinski definition) is 5. The Morgan fingerprint density at radius 3 is 2.27 bits per heavy atom. The second kappa shape index (κ2) is 9.00. The van der Waals surface area contributed by atoms with Crippen molar-refractivity contribution in [2.24, 2.45) is 5.92 Å². The van der Waals surface area contributed by atoms with Crippen molar-refractivity contribution in [3.8, 4) is 5.75 Å². The van der Waals surface area contributed by atoms with E-state index in [4.69, 9.17) is 4.74 Å². The van der Waals surface area contributed by atoms with Crippen LogP contribution in [0, 0.1) is 5.92 Å². The number of aliphatic carboxylic acids is 1. The molecule has 1 atom stereocenters. The summed E-state index contributed by atoms with van der Waals surface area (Å²) in [5.41, 5.74) is 0.0323. The van der Waals surface area contributed by atoms with E-state index < -0.39 is 27.9 Å². The molecule has 0 saturated carbocycles. The number of carbonyl (C=O) groups is 2. The first-order chi connectivity index (χ1) is 12.0. The van der Waals surface area contributed by atoms with Crippen molar-refractivity contribution in [3.63, 3.8) is 0 Å². The standard InChI is InChI=1S/C17H26N2O6S/c1-10(2)8-13(17(21)22)18-16(20)12-6-7-14(25-5)15(9-12)26(23,24)19-11(3)4/h6-7,9-11,13,19H,8H2,1-5H3,(H,18,20)(H,21,22)/t13-/m1/s1. The maximum Gasteiger partial charge on any atom is 0.326 e. The summed E-state index contributed by atoms with van der Waals surface area (Å²) in [4.78, 5) is 23.5. The molecule has 0 aliphatic rings. The van der Waals surface area contributed by atoms with Crippen molar-refractivity contribution >= 4 is 21.9 Å². The second-order valence-corrected chi connectivity index (χ2v) is 8.32. The molecule has 1 amide bonds. The quantitative estimate of drug-likeness (QED) is 0.593. The monoisotopic (exact) mass is 386 g/mol. The Hall–Kier alpha value is -2.13. The third kappa shape index (κ3) is 5.99. The Morgan fingerprint density at radius 2 is 1.81 bits per heavy atom. The molecule has 0 aliphatic heterocycles. The first-order valence-corrected chi connectivity index (χ1v) is 9.70. The fourth-order valence-electron chi connectivity index (χ4n) is 2.34. The first kappa shape index (κ1) is 21.9. The predicted molar refractivity (Wildman–Crippen MR) is 96.8 cm³/mol. The largest absolute Gasteiger partial charge is 0.495 e. The number of sulfonamides is 1. The molecule has 1 rings (SSSR count). The van der Waals surface area contributed by atoms with Crippen LogP contribution in [-0.4, -0.2) is 44.6 Å². The SMILES string of the molecule is COc1ccc(C(=O)N[C@H](CC(C)C)C(=O)O)cc1S(=O)(=O)NC(C)C. The molecule has 0 radical (unpaired) electrons. The number of carbonyl (C=O) groups excluding carboxylic acids is 1. The molecule has 26 heavy (non-hydrogen) atoms. The van der Waals surface area contributed by atoms with Gasteiger partial charge in [0.25, 0.3) is 5.91 Å². The highest BCUT2D eigenvalue weighted by molar-refractivity contribution is 7.89. The fraction of sp³-hybridized carbons (Fsp3) is 0.529. The van der Waals surface area contributed by atoms with Gasteiger partial charge in [-0.25, -0.2) is 17.9 Å². The van der Waals surface area contributed by atoms with Crippen LogP contribution in [-0.2, 0) is 14.8 Å². The molecule has 0 heterocycles. The predicted octanol–water partition coefficient (Wildman–Crippen LogP) is 1.61. The average molecular weight is 386 g/mol. The van der Waals surface area contributed by atoms with Crippen LogP contribution in [0.25, 0.3) is 0 Å². The topological polar surface area (TPSA) is 122 Å². The number of nitrogens with one attached hydrogen (secondary N) is 2. The average Bonchev–Trinajstić information content (AvgIpc) is 2.51. The summed E-state index contributed by atoms with van der Waals surface area (Å²) in [6, 6.07) is 2.52. The lowest BCUT2D eigenvalue weighted by Crippen LogP contribution is -2.41. The van der Waals surface area contributed by atoms with Crippen LogP contribution in [0.4, 0.5) is 0 Å². The molecule has 1 aromatic carbocycles. The van der Waals surface area contributed by atoms with Crippen molar-refractivity contribution in [2.45, 2.75) is 51.1 Å². The van der Waals surface area contributed by atoms with Crippen LogP contribution in [0.3, 0.4) is 0 Å². The Morgan fingerprint density at radius 1 is 1.19 bits per heavy atom. The molecule has 0 fully saturated rings. The summed E-state index contributed by atoms with van der Waals surface area (Å²) in [5.74, 6) is -1.65. The van der Waals surface area contributed by atoms with Crippen LogP contribution in [0.15, 0.2) is 23.1 Å². The Kier molecular flexibility index (Phi) is 7.58. The fourth-order valence-corrected chi connectivity index (χ4v) is 3.78. The van der Waals surface area contributed by atoms with E-state index in [9.17, 15) is 23.1 Å². The molecule has 0 bridgehead atoms. The zero-order chi connectivity index (χ0) is 20.1. The van der Waals surface area contributed by atoms with E-state index in [2.05, 4.69) is 10.0 Å². The minimum absolute atomic E-state index is 0.0323. The number of carboxylic acid groups (broad SMARTS) is 1. The van der Waals surface area contributed by atoms with Gasteiger partial charge in [0.15, 0.2) is 0 Å². The normalized spacial score (nSPS) is 12.9. The van der Waals surface area contributed by atoms with E-state index in [1.807, 2.05) is 13.8 Å². The van der Waals surface area contributed by atoms with Crippen molar-refractivity contribution in [2.75, 3.05) is 7.11 Å². The van der Waals surface area contributed by atoms with Crippen LogP contribution >= 0.6 is 0 Å². The van der Waals surface area contributed by atoms with Crippen LogP contribution in [0.2, 0.25) is 0 Å². The Bertz CT molecular complexity index is 759. The summed E-state index contributed by atoms with van der Waals surface area (Å²) < 4.78 is 32.4. The van der Waals surface area contributed by atoms with Crippen molar-refractivity contribution in [3.05, 3.63) is 23.8 Å². The van der Waals surface area contributed by atoms with Gasteiger partial charge in [-0.05, 0) is 44.4 Å². The zero-order valence-corrected chi connectivity index (χ0v) is 16.4. The molecule has 1 aromatic rings. The van der Waals surface area contributed by atoms with Crippen molar-refractivity contribution in [1.29, 1.82) is 0 Å². The molecule has 8 nitrogen and oxygen atoms in total. The molecular formula is C17H26N2O6S. The van der Waals surface area contributed by atoms with Crippen molar-refractivity contribution in [1.82, 2.24) is 10.0 Å². The van der Waals surface area contributed by atoms with Gasteiger partial charge >= 0.3 is 5.97 Å². The maximum absolute atomic E-state index is 12.5. The lowest BCUT2D eigenvalue weighted by Gasteiger charge is -2.17. The highest BCUT2D eigenvalue weighted by Crippen LogP contribution is 2.25. The molecule has 3 N–H and O–H groups in total. The Balaban J connectivity index is 3.20. The summed E-state index contributed by atoms with van der Waals surface area (Å²) in [6.07, 6.45) is 0.261. The number of benzene rings is 1. The number of methoxy groups -OCH3 is 1. The van der Waals surface area contributed by atoms with Gasteiger partial charge in [-0.2, -0.15) is 0 Å². The minimum atomic E-state index is -3.89. The molecule has 0 spiro atoms. The van der Waals surface area contributed by atoms with Gasteiger partial charge in [0.1, 0.15) is 16.7 Å². The minimum Gasteiger partial charge on any atom is -0.495 e. The van der Waals surface area contributed by atoms with Gasteiger partial charge in [-0.3, -0.25) is 4.79 Å². The van der Waals surface area contributed by atoms with E-state index in [1.54, 1.807) is 13.8 Å². The molecule has 9 heteroatoms. The van der Waals surface area contributed by atoms with Crippen molar-refractivity contribution < 1.29 is 27.9 Å². The van der Waals surface area contributed by atoms with E-state index in [-0.39, 0.29) is 34.6 Å². The molecule has 0 unspecified atom stereocenters. The molecule has 0 aliphatic carbocycles. The highest BCUT2D eigenvalue weighted by atomic mass is 32.2. The summed E-state index contributed by atoms with van der Waals surface area (Å²) in [6.45, 7) is 7.03. The summed E-state index contributed by atoms with van der Waals surface area (Å²) >= 11 is 0. The molecule has 0 aromatic heterocycles. The summed E-state index contributed by atoms with van der Waals surface area (Å²) in [5, 5.41) is 11.7. The smallest absolute Gasteiger partial charge is 0.326 e. The zero-order valence-electron chi connectivity index (χ0n) is 15.6. The van der Waals surface area contributed by atoms with E-state index >= 15 is 0 Å². The number of hydrogen-bond donors (Lipinski definition) is 3. The van der Waals surface area contributed by atoms with Crippen LogP contribution in [0.1, 0.15) is 44.5 Å². The molecule has 0 saturated heterocycles. The molecular weight excluding hydrogens is 360 g/mol. The van der Waals surface area contributed by atoms with E-state index in [0.29, 0.717) is 0 Å². The van der Waals surface area contributed by atoms with Gasteiger partial charge in [0.2, 0.25) is 10.0 Å². The number of amides is 1. The third-order valence-corrected chi connectivity index (χ3v) is 5.10. The summed E-state index contributed by atoms with van der Waals surface area (Å²) in [7, 11) is -2.57. The lowest BCUT2D eigenvalue weighted by atomic mass is 10.0.